The van der Waals surface area contributed by atoms with Gasteiger partial charge in [0.05, 0.1) is 17.9 Å². The molecule has 0 aliphatic carbocycles. The van der Waals surface area contributed by atoms with E-state index >= 15 is 0 Å². The lowest BCUT2D eigenvalue weighted by molar-refractivity contribution is 0.159. The minimum Gasteiger partial charge on any atom is -0.322 e. The standard InChI is InChI=1S/C17H28FN3/c1-3-15-7-5-4-6-10-21(15)12-13(2)17(19)16-9-8-14(18)11-20-16/h8-9,11,13,15,17H,3-7,10,12,19H2,1-2H3. The summed E-state index contributed by atoms with van der Waals surface area (Å²) in [4.78, 5) is 6.73. The molecular weight excluding hydrogens is 265 g/mol. The highest BCUT2D eigenvalue weighted by Crippen LogP contribution is 2.24. The number of nitrogens with zero attached hydrogens (tertiary/aromatic N) is 2. The van der Waals surface area contributed by atoms with E-state index in [1.165, 1.54) is 50.9 Å². The van der Waals surface area contributed by atoms with Gasteiger partial charge in [-0.25, -0.2) is 4.39 Å². The first-order valence-electron chi connectivity index (χ1n) is 8.23. The minimum atomic E-state index is -0.308. The van der Waals surface area contributed by atoms with Crippen molar-refractivity contribution in [3.05, 3.63) is 29.8 Å². The van der Waals surface area contributed by atoms with E-state index in [1.807, 2.05) is 0 Å². The van der Waals surface area contributed by atoms with Crippen LogP contribution in [-0.4, -0.2) is 29.0 Å². The number of likely N-dealkylation sites (tertiary alicyclic amines) is 1. The summed E-state index contributed by atoms with van der Waals surface area (Å²) >= 11 is 0. The molecule has 0 aromatic carbocycles. The highest BCUT2D eigenvalue weighted by molar-refractivity contribution is 5.10. The van der Waals surface area contributed by atoms with Crippen molar-refractivity contribution in [1.82, 2.24) is 9.88 Å². The van der Waals surface area contributed by atoms with Gasteiger partial charge in [0, 0.05) is 12.6 Å². The van der Waals surface area contributed by atoms with Crippen LogP contribution in [0.15, 0.2) is 18.3 Å². The van der Waals surface area contributed by atoms with E-state index in [-0.39, 0.29) is 11.9 Å². The number of hydrogen-bond donors (Lipinski definition) is 1. The summed E-state index contributed by atoms with van der Waals surface area (Å²) in [6.07, 6.45) is 7.72. The number of hydrogen-bond acceptors (Lipinski definition) is 3. The maximum atomic E-state index is 13.0. The summed E-state index contributed by atoms with van der Waals surface area (Å²) in [6.45, 7) is 6.62. The second-order valence-corrected chi connectivity index (χ2v) is 6.31. The highest BCUT2D eigenvalue weighted by Gasteiger charge is 2.24. The molecule has 1 aromatic heterocycles. The van der Waals surface area contributed by atoms with Gasteiger partial charge in [0.1, 0.15) is 5.82 Å². The number of rotatable bonds is 5. The molecule has 21 heavy (non-hydrogen) atoms. The topological polar surface area (TPSA) is 42.1 Å². The monoisotopic (exact) mass is 293 g/mol. The van der Waals surface area contributed by atoms with Gasteiger partial charge in [0.2, 0.25) is 0 Å². The van der Waals surface area contributed by atoms with Crippen LogP contribution >= 0.6 is 0 Å². The Hall–Kier alpha value is -1.00. The van der Waals surface area contributed by atoms with Gasteiger partial charge >= 0.3 is 0 Å². The predicted octanol–water partition coefficient (Wildman–Crippen LogP) is 3.51. The van der Waals surface area contributed by atoms with Crippen molar-refractivity contribution in [1.29, 1.82) is 0 Å². The third-order valence-corrected chi connectivity index (χ3v) is 4.70. The molecule has 0 radical (unpaired) electrons. The quantitative estimate of drug-likeness (QED) is 0.903. The van der Waals surface area contributed by atoms with Crippen LogP contribution in [0.3, 0.4) is 0 Å². The van der Waals surface area contributed by atoms with Crippen molar-refractivity contribution < 1.29 is 4.39 Å². The van der Waals surface area contributed by atoms with Crippen LogP contribution in [0.25, 0.3) is 0 Å². The summed E-state index contributed by atoms with van der Waals surface area (Å²) in [5, 5.41) is 0. The van der Waals surface area contributed by atoms with E-state index in [2.05, 4.69) is 23.7 Å². The van der Waals surface area contributed by atoms with Crippen molar-refractivity contribution >= 4 is 0 Å². The zero-order valence-corrected chi connectivity index (χ0v) is 13.3. The molecule has 3 unspecified atom stereocenters. The summed E-state index contributed by atoms with van der Waals surface area (Å²) in [6, 6.07) is 3.70. The Balaban J connectivity index is 1.98. The van der Waals surface area contributed by atoms with Gasteiger partial charge in [-0.15, -0.1) is 0 Å². The smallest absolute Gasteiger partial charge is 0.141 e. The van der Waals surface area contributed by atoms with E-state index in [0.717, 1.165) is 12.2 Å². The fourth-order valence-corrected chi connectivity index (χ4v) is 3.30. The first-order chi connectivity index (χ1) is 10.1. The van der Waals surface area contributed by atoms with Crippen molar-refractivity contribution in [2.45, 2.75) is 58.0 Å². The second-order valence-electron chi connectivity index (χ2n) is 6.31. The van der Waals surface area contributed by atoms with Crippen LogP contribution in [0.1, 0.15) is 57.7 Å². The number of aromatic nitrogens is 1. The van der Waals surface area contributed by atoms with E-state index in [4.69, 9.17) is 5.73 Å². The molecule has 3 nitrogen and oxygen atoms in total. The van der Waals surface area contributed by atoms with E-state index in [9.17, 15) is 4.39 Å². The van der Waals surface area contributed by atoms with Crippen molar-refractivity contribution in [2.75, 3.05) is 13.1 Å². The van der Waals surface area contributed by atoms with Crippen LogP contribution < -0.4 is 5.73 Å². The molecule has 2 heterocycles. The lowest BCUT2D eigenvalue weighted by Crippen LogP contribution is -2.40. The van der Waals surface area contributed by atoms with Crippen LogP contribution in [0.4, 0.5) is 4.39 Å². The first kappa shape index (κ1) is 16.4. The number of nitrogens with two attached hydrogens (primary N) is 1. The molecule has 0 amide bonds. The Morgan fingerprint density at radius 3 is 2.86 bits per heavy atom. The number of pyridine rings is 1. The Morgan fingerprint density at radius 2 is 2.19 bits per heavy atom. The van der Waals surface area contributed by atoms with E-state index in [1.54, 1.807) is 6.07 Å². The molecule has 118 valence electrons. The Morgan fingerprint density at radius 1 is 1.38 bits per heavy atom. The van der Waals surface area contributed by atoms with E-state index < -0.39 is 0 Å². The van der Waals surface area contributed by atoms with Gasteiger partial charge in [-0.3, -0.25) is 4.98 Å². The Kier molecular flexibility index (Phi) is 6.12. The summed E-state index contributed by atoms with van der Waals surface area (Å²) in [5.41, 5.74) is 7.10. The molecule has 0 saturated carbocycles. The summed E-state index contributed by atoms with van der Waals surface area (Å²) < 4.78 is 13.0. The molecule has 2 rings (SSSR count). The average molecular weight is 293 g/mol. The fourth-order valence-electron chi connectivity index (χ4n) is 3.30. The summed E-state index contributed by atoms with van der Waals surface area (Å²) in [5.74, 6) is 0.00674. The Bertz CT molecular complexity index is 421. The number of halogens is 1. The molecule has 1 aliphatic rings. The molecule has 0 spiro atoms. The maximum Gasteiger partial charge on any atom is 0.141 e. The van der Waals surface area contributed by atoms with Crippen LogP contribution in [-0.2, 0) is 0 Å². The zero-order valence-electron chi connectivity index (χ0n) is 13.3. The molecule has 1 aliphatic heterocycles. The SMILES string of the molecule is CCC1CCCCCN1CC(C)C(N)c1ccc(F)cn1. The van der Waals surface area contributed by atoms with Gasteiger partial charge in [-0.1, -0.05) is 26.7 Å². The largest absolute Gasteiger partial charge is 0.322 e. The zero-order chi connectivity index (χ0) is 15.2. The van der Waals surface area contributed by atoms with Crippen LogP contribution in [0.5, 0.6) is 0 Å². The molecular formula is C17H28FN3. The summed E-state index contributed by atoms with van der Waals surface area (Å²) in [7, 11) is 0. The molecule has 2 N–H and O–H groups in total. The lowest BCUT2D eigenvalue weighted by Gasteiger charge is -2.33. The van der Waals surface area contributed by atoms with Gasteiger partial charge in [0.15, 0.2) is 0 Å². The predicted molar refractivity (Wildman–Crippen MR) is 84.4 cm³/mol. The molecule has 1 fully saturated rings. The van der Waals surface area contributed by atoms with E-state index in [0.29, 0.717) is 12.0 Å². The molecule has 3 atom stereocenters. The molecule has 1 aromatic rings. The van der Waals surface area contributed by atoms with Gasteiger partial charge in [0.25, 0.3) is 0 Å². The first-order valence-corrected chi connectivity index (χ1v) is 8.23. The maximum absolute atomic E-state index is 13.0. The average Bonchev–Trinajstić information content (AvgIpc) is 2.72. The normalized spacial score (nSPS) is 23.5. The van der Waals surface area contributed by atoms with Gasteiger partial charge in [-0.2, -0.15) is 0 Å². The third-order valence-electron chi connectivity index (χ3n) is 4.70. The lowest BCUT2D eigenvalue weighted by atomic mass is 9.97. The fraction of sp³-hybridized carbons (Fsp3) is 0.706. The van der Waals surface area contributed by atoms with Gasteiger partial charge < -0.3 is 10.6 Å². The molecule has 4 heteroatoms. The van der Waals surface area contributed by atoms with Crippen LogP contribution in [0, 0.1) is 11.7 Å². The highest BCUT2D eigenvalue weighted by atomic mass is 19.1. The van der Waals surface area contributed by atoms with Gasteiger partial charge in [-0.05, 0) is 43.9 Å². The minimum absolute atomic E-state index is 0.133. The molecule has 1 saturated heterocycles. The van der Waals surface area contributed by atoms with Crippen molar-refractivity contribution in [3.8, 4) is 0 Å². The van der Waals surface area contributed by atoms with Crippen molar-refractivity contribution in [2.24, 2.45) is 11.7 Å². The Labute approximate surface area is 127 Å². The van der Waals surface area contributed by atoms with Crippen LogP contribution in [0.2, 0.25) is 0 Å². The molecule has 0 bridgehead atoms. The third kappa shape index (κ3) is 4.48. The van der Waals surface area contributed by atoms with Crippen molar-refractivity contribution in [3.63, 3.8) is 0 Å². The second kappa shape index (κ2) is 7.85.